The highest BCUT2D eigenvalue weighted by Gasteiger charge is 2.28. The Kier molecular flexibility index (Phi) is 8.37. The maximum absolute atomic E-state index is 13.2. The van der Waals surface area contributed by atoms with Gasteiger partial charge in [-0.15, -0.1) is 11.3 Å². The first-order valence-corrected chi connectivity index (χ1v) is 14.2. The number of hydrogen-bond acceptors (Lipinski definition) is 5. The summed E-state index contributed by atoms with van der Waals surface area (Å²) in [6, 6.07) is 25.8. The summed E-state index contributed by atoms with van der Waals surface area (Å²) in [4.78, 5) is 32.9. The quantitative estimate of drug-likeness (QED) is 0.272. The van der Waals surface area contributed by atoms with Gasteiger partial charge in [-0.25, -0.2) is 4.98 Å². The molecule has 3 aromatic carbocycles. The van der Waals surface area contributed by atoms with E-state index in [-0.39, 0.29) is 23.7 Å². The lowest BCUT2D eigenvalue weighted by molar-refractivity contribution is -0.136. The van der Waals surface area contributed by atoms with Crippen molar-refractivity contribution in [2.24, 2.45) is 5.92 Å². The van der Waals surface area contributed by atoms with Crippen molar-refractivity contribution in [3.63, 3.8) is 0 Å². The molecule has 1 aliphatic heterocycles. The predicted octanol–water partition coefficient (Wildman–Crippen LogP) is 6.66. The molecule has 1 aromatic heterocycles. The summed E-state index contributed by atoms with van der Waals surface area (Å²) in [6.45, 7) is 3.45. The molecule has 0 radical (unpaired) electrons. The molecule has 1 saturated heterocycles. The number of aromatic nitrogens is 1. The third-order valence-corrected chi connectivity index (χ3v) is 8.28. The number of nitrogens with zero attached hydrogens (tertiary/aromatic N) is 2. The Hall–Kier alpha value is -3.97. The number of hydrogen-bond donors (Lipinski definition) is 1. The van der Waals surface area contributed by atoms with Crippen molar-refractivity contribution in [3.05, 3.63) is 101 Å². The number of rotatable bonds is 8. The standard InChI is InChI=1S/C32H33N3O3S/c1-22(19-23-9-5-3-6-10-23)32(37)35-17-15-25(16-18-35)31-34-29(21-39-31)30(36)33-28-20-26(38-2)13-14-27(28)24-11-7-4-8-12-24/h3-14,20-22,25H,15-19H2,1-2H3,(H,33,36). The van der Waals surface area contributed by atoms with E-state index in [2.05, 4.69) is 17.4 Å². The number of carbonyl (C=O) groups is 2. The van der Waals surface area contributed by atoms with Gasteiger partial charge < -0.3 is 15.0 Å². The topological polar surface area (TPSA) is 71.5 Å². The molecule has 1 N–H and O–H groups in total. The monoisotopic (exact) mass is 539 g/mol. The predicted molar refractivity (Wildman–Crippen MR) is 156 cm³/mol. The van der Waals surface area contributed by atoms with Crippen LogP contribution < -0.4 is 10.1 Å². The molecule has 7 heteroatoms. The van der Waals surface area contributed by atoms with Crippen LogP contribution in [0.2, 0.25) is 0 Å². The average Bonchev–Trinajstić information content (AvgIpc) is 3.48. The second-order valence-corrected chi connectivity index (χ2v) is 10.9. The number of amides is 2. The SMILES string of the molecule is COc1ccc(-c2ccccc2)c(NC(=O)c2csc(C3CCN(C(=O)C(C)Cc4ccccc4)CC3)n2)c1. The molecule has 1 aliphatic rings. The molecule has 6 nitrogen and oxygen atoms in total. The summed E-state index contributed by atoms with van der Waals surface area (Å²) >= 11 is 1.52. The summed E-state index contributed by atoms with van der Waals surface area (Å²) in [6.07, 6.45) is 2.46. The van der Waals surface area contributed by atoms with Gasteiger partial charge in [0.05, 0.1) is 17.8 Å². The van der Waals surface area contributed by atoms with Gasteiger partial charge in [0.1, 0.15) is 11.4 Å². The second kappa shape index (κ2) is 12.3. The molecule has 2 heterocycles. The van der Waals surface area contributed by atoms with Crippen molar-refractivity contribution < 1.29 is 14.3 Å². The summed E-state index contributed by atoms with van der Waals surface area (Å²) in [7, 11) is 1.61. The molecule has 39 heavy (non-hydrogen) atoms. The Bertz CT molecular complexity index is 1410. The molecule has 4 aromatic rings. The van der Waals surface area contributed by atoms with E-state index in [1.165, 1.54) is 16.9 Å². The lowest BCUT2D eigenvalue weighted by Gasteiger charge is -2.33. The zero-order chi connectivity index (χ0) is 27.2. The molecule has 5 rings (SSSR count). The van der Waals surface area contributed by atoms with E-state index in [0.717, 1.165) is 35.4 Å². The fourth-order valence-corrected chi connectivity index (χ4v) is 6.07. The van der Waals surface area contributed by atoms with Gasteiger partial charge in [0.25, 0.3) is 5.91 Å². The normalized spacial score (nSPS) is 14.6. The van der Waals surface area contributed by atoms with Crippen LogP contribution in [0.4, 0.5) is 5.69 Å². The van der Waals surface area contributed by atoms with E-state index in [4.69, 9.17) is 9.72 Å². The highest BCUT2D eigenvalue weighted by Crippen LogP contribution is 2.33. The van der Waals surface area contributed by atoms with Crippen molar-refractivity contribution in [2.45, 2.75) is 32.1 Å². The Labute approximate surface area is 233 Å². The number of carbonyl (C=O) groups excluding carboxylic acids is 2. The van der Waals surface area contributed by atoms with Crippen LogP contribution in [0, 0.1) is 5.92 Å². The van der Waals surface area contributed by atoms with Crippen LogP contribution in [0.3, 0.4) is 0 Å². The fourth-order valence-electron chi connectivity index (χ4n) is 5.10. The molecular formula is C32H33N3O3S. The van der Waals surface area contributed by atoms with E-state index >= 15 is 0 Å². The first-order chi connectivity index (χ1) is 19.0. The smallest absolute Gasteiger partial charge is 0.275 e. The number of methoxy groups -OCH3 is 1. The second-order valence-electron chi connectivity index (χ2n) is 9.99. The van der Waals surface area contributed by atoms with E-state index in [1.807, 2.05) is 83.9 Å². The molecule has 0 saturated carbocycles. The first-order valence-electron chi connectivity index (χ1n) is 13.3. The van der Waals surface area contributed by atoms with Gasteiger partial charge in [-0.1, -0.05) is 67.6 Å². The molecule has 0 aliphatic carbocycles. The van der Waals surface area contributed by atoms with Crippen molar-refractivity contribution in [3.8, 4) is 16.9 Å². The van der Waals surface area contributed by atoms with Gasteiger partial charge >= 0.3 is 0 Å². The van der Waals surface area contributed by atoms with Crippen LogP contribution in [0.5, 0.6) is 5.75 Å². The Morgan fingerprint density at radius 2 is 1.72 bits per heavy atom. The Morgan fingerprint density at radius 1 is 1.03 bits per heavy atom. The summed E-state index contributed by atoms with van der Waals surface area (Å²) in [5.41, 5.74) is 4.20. The third kappa shape index (κ3) is 6.37. The minimum atomic E-state index is -0.245. The molecule has 0 bridgehead atoms. The highest BCUT2D eigenvalue weighted by molar-refractivity contribution is 7.10. The lowest BCUT2D eigenvalue weighted by Crippen LogP contribution is -2.41. The number of ether oxygens (including phenoxy) is 1. The van der Waals surface area contributed by atoms with Crippen molar-refractivity contribution in [1.29, 1.82) is 0 Å². The van der Waals surface area contributed by atoms with E-state index in [0.29, 0.717) is 30.2 Å². The van der Waals surface area contributed by atoms with Crippen molar-refractivity contribution in [1.82, 2.24) is 9.88 Å². The maximum Gasteiger partial charge on any atom is 0.275 e. The van der Waals surface area contributed by atoms with Gasteiger partial charge in [0.2, 0.25) is 5.91 Å². The Morgan fingerprint density at radius 3 is 2.41 bits per heavy atom. The molecular weight excluding hydrogens is 506 g/mol. The zero-order valence-corrected chi connectivity index (χ0v) is 23.1. The summed E-state index contributed by atoms with van der Waals surface area (Å²) in [5, 5.41) is 5.83. The minimum Gasteiger partial charge on any atom is -0.497 e. The summed E-state index contributed by atoms with van der Waals surface area (Å²) < 4.78 is 5.39. The van der Waals surface area contributed by atoms with Crippen LogP contribution in [-0.4, -0.2) is 41.9 Å². The lowest BCUT2D eigenvalue weighted by atomic mass is 9.94. The van der Waals surface area contributed by atoms with E-state index in [9.17, 15) is 9.59 Å². The zero-order valence-electron chi connectivity index (χ0n) is 22.3. The summed E-state index contributed by atoms with van der Waals surface area (Å²) in [5.74, 6) is 0.843. The van der Waals surface area contributed by atoms with Crippen LogP contribution in [0.15, 0.2) is 84.2 Å². The van der Waals surface area contributed by atoms with Crippen molar-refractivity contribution in [2.75, 3.05) is 25.5 Å². The first kappa shape index (κ1) is 26.6. The van der Waals surface area contributed by atoms with Gasteiger partial charge in [-0.05, 0) is 42.5 Å². The molecule has 1 atom stereocenters. The van der Waals surface area contributed by atoms with Gasteiger partial charge in [-0.3, -0.25) is 9.59 Å². The molecule has 1 unspecified atom stereocenters. The maximum atomic E-state index is 13.2. The molecule has 2 amide bonds. The van der Waals surface area contributed by atoms with Crippen molar-refractivity contribution >= 4 is 28.8 Å². The van der Waals surface area contributed by atoms with Gasteiger partial charge in [0, 0.05) is 41.9 Å². The van der Waals surface area contributed by atoms with Crippen LogP contribution in [0.25, 0.3) is 11.1 Å². The molecule has 200 valence electrons. The number of anilines is 1. The van der Waals surface area contributed by atoms with E-state index < -0.39 is 0 Å². The average molecular weight is 540 g/mol. The van der Waals surface area contributed by atoms with Crippen LogP contribution >= 0.6 is 11.3 Å². The Balaban J connectivity index is 1.21. The molecule has 0 spiro atoms. The number of nitrogens with one attached hydrogen (secondary N) is 1. The largest absolute Gasteiger partial charge is 0.497 e. The van der Waals surface area contributed by atoms with Gasteiger partial charge in [0.15, 0.2) is 0 Å². The minimum absolute atomic E-state index is 0.0449. The fraction of sp³-hybridized carbons (Fsp3) is 0.281. The van der Waals surface area contributed by atoms with Gasteiger partial charge in [-0.2, -0.15) is 0 Å². The van der Waals surface area contributed by atoms with E-state index in [1.54, 1.807) is 7.11 Å². The van der Waals surface area contributed by atoms with Crippen LogP contribution in [-0.2, 0) is 11.2 Å². The number of piperidine rings is 1. The number of thiazole rings is 1. The highest BCUT2D eigenvalue weighted by atomic mass is 32.1. The number of benzene rings is 3. The number of likely N-dealkylation sites (tertiary alicyclic amines) is 1. The third-order valence-electron chi connectivity index (χ3n) is 7.28. The molecule has 1 fully saturated rings. The van der Waals surface area contributed by atoms with Crippen LogP contribution in [0.1, 0.15) is 46.7 Å².